The van der Waals surface area contributed by atoms with Gasteiger partial charge in [-0.15, -0.1) is 0 Å². The van der Waals surface area contributed by atoms with Crippen molar-refractivity contribution in [2.24, 2.45) is 0 Å². The summed E-state index contributed by atoms with van der Waals surface area (Å²) in [6, 6.07) is 0. The largest absolute Gasteiger partial charge is 0.396 e. The smallest absolute Gasteiger partial charge is 0.0431 e. The van der Waals surface area contributed by atoms with Crippen LogP contribution < -0.4 is 0 Å². The molecule has 0 radical (unpaired) electrons. The van der Waals surface area contributed by atoms with Gasteiger partial charge < -0.3 is 5.11 Å². The molecule has 2 heteroatoms. The topological polar surface area (TPSA) is 23.5 Å². The Morgan fingerprint density at radius 3 is 2.18 bits per heavy atom. The van der Waals surface area contributed by atoms with Crippen LogP contribution in [0.3, 0.4) is 0 Å². The molecule has 0 atom stereocenters. The molecule has 0 aliphatic heterocycles. The average molecular weight is 243 g/mol. The minimum absolute atomic E-state index is 0.288. The number of rotatable bonds is 11. The molecule has 2 nitrogen and oxygen atoms in total. The minimum Gasteiger partial charge on any atom is -0.396 e. The zero-order chi connectivity index (χ0) is 13.1. The van der Waals surface area contributed by atoms with E-state index in [-0.39, 0.29) is 5.54 Å². The Balaban J connectivity index is 3.94. The Morgan fingerprint density at radius 2 is 1.65 bits per heavy atom. The summed E-state index contributed by atoms with van der Waals surface area (Å²) in [5.74, 6) is 0. The molecule has 0 bridgehead atoms. The van der Waals surface area contributed by atoms with E-state index in [0.29, 0.717) is 6.61 Å². The lowest BCUT2D eigenvalue weighted by Gasteiger charge is -2.38. The van der Waals surface area contributed by atoms with Crippen LogP contribution in [-0.2, 0) is 0 Å². The first-order chi connectivity index (χ1) is 8.08. The highest BCUT2D eigenvalue weighted by Crippen LogP contribution is 2.22. The molecular formula is C15H33NO. The van der Waals surface area contributed by atoms with Gasteiger partial charge in [-0.2, -0.15) is 0 Å². The molecule has 17 heavy (non-hydrogen) atoms. The van der Waals surface area contributed by atoms with Crippen LogP contribution in [0.1, 0.15) is 72.6 Å². The van der Waals surface area contributed by atoms with Crippen molar-refractivity contribution in [3.05, 3.63) is 0 Å². The zero-order valence-electron chi connectivity index (χ0n) is 12.5. The first kappa shape index (κ1) is 16.9. The summed E-state index contributed by atoms with van der Waals surface area (Å²) in [6.07, 6.45) is 8.63. The first-order valence-electron chi connectivity index (χ1n) is 7.44. The van der Waals surface area contributed by atoms with Gasteiger partial charge in [0.05, 0.1) is 0 Å². The van der Waals surface area contributed by atoms with E-state index >= 15 is 0 Å². The summed E-state index contributed by atoms with van der Waals surface area (Å²) < 4.78 is 0. The second kappa shape index (κ2) is 9.90. The molecule has 0 aliphatic rings. The van der Waals surface area contributed by atoms with Crippen molar-refractivity contribution >= 4 is 0 Å². The average Bonchev–Trinajstić information content (AvgIpc) is 2.29. The summed E-state index contributed by atoms with van der Waals surface area (Å²) in [5.41, 5.74) is 0.288. The maximum Gasteiger partial charge on any atom is 0.0431 e. The second-order valence-electron chi connectivity index (χ2n) is 5.63. The van der Waals surface area contributed by atoms with Gasteiger partial charge in [0.15, 0.2) is 0 Å². The standard InChI is InChI=1S/C15H33NO/c1-5-7-8-10-13-16(6-2)15(3,4)12-9-11-14-17/h17H,5-14H2,1-4H3. The van der Waals surface area contributed by atoms with Crippen LogP contribution in [0.25, 0.3) is 0 Å². The molecule has 0 saturated heterocycles. The Kier molecular flexibility index (Phi) is 9.85. The third-order valence-electron chi connectivity index (χ3n) is 3.72. The highest BCUT2D eigenvalue weighted by molar-refractivity contribution is 4.80. The lowest BCUT2D eigenvalue weighted by atomic mass is 9.94. The van der Waals surface area contributed by atoms with Crippen LogP contribution in [0.4, 0.5) is 0 Å². The summed E-state index contributed by atoms with van der Waals surface area (Å²) in [6.45, 7) is 11.9. The van der Waals surface area contributed by atoms with Crippen LogP contribution >= 0.6 is 0 Å². The molecule has 0 aliphatic carbocycles. The summed E-state index contributed by atoms with van der Waals surface area (Å²) >= 11 is 0. The van der Waals surface area contributed by atoms with E-state index in [2.05, 4.69) is 32.6 Å². The Morgan fingerprint density at radius 1 is 0.941 bits per heavy atom. The molecule has 0 aromatic rings. The molecule has 0 saturated carbocycles. The molecule has 0 unspecified atom stereocenters. The summed E-state index contributed by atoms with van der Waals surface area (Å²) in [7, 11) is 0. The summed E-state index contributed by atoms with van der Waals surface area (Å²) in [4.78, 5) is 2.60. The number of hydrogen-bond acceptors (Lipinski definition) is 2. The van der Waals surface area contributed by atoms with Crippen molar-refractivity contribution < 1.29 is 5.11 Å². The molecule has 0 fully saturated rings. The van der Waals surface area contributed by atoms with E-state index < -0.39 is 0 Å². The van der Waals surface area contributed by atoms with Crippen LogP contribution in [-0.4, -0.2) is 35.2 Å². The quantitative estimate of drug-likeness (QED) is 0.558. The van der Waals surface area contributed by atoms with Crippen LogP contribution in [0, 0.1) is 0 Å². The van der Waals surface area contributed by atoms with Crippen LogP contribution in [0.15, 0.2) is 0 Å². The molecule has 0 rings (SSSR count). The summed E-state index contributed by atoms with van der Waals surface area (Å²) in [5, 5.41) is 8.85. The molecule has 0 aromatic heterocycles. The molecule has 0 spiro atoms. The van der Waals surface area contributed by atoms with E-state index in [1.807, 2.05) is 0 Å². The first-order valence-corrected chi connectivity index (χ1v) is 7.44. The Bertz CT molecular complexity index is 168. The zero-order valence-corrected chi connectivity index (χ0v) is 12.5. The fourth-order valence-electron chi connectivity index (χ4n) is 2.45. The van der Waals surface area contributed by atoms with Gasteiger partial charge in [-0.1, -0.05) is 33.1 Å². The molecular weight excluding hydrogens is 210 g/mol. The van der Waals surface area contributed by atoms with Crippen molar-refractivity contribution in [1.29, 1.82) is 0 Å². The molecule has 104 valence electrons. The van der Waals surface area contributed by atoms with Gasteiger partial charge in [0.25, 0.3) is 0 Å². The van der Waals surface area contributed by atoms with Crippen molar-refractivity contribution in [3.63, 3.8) is 0 Å². The lowest BCUT2D eigenvalue weighted by Crippen LogP contribution is -2.44. The third-order valence-corrected chi connectivity index (χ3v) is 3.72. The van der Waals surface area contributed by atoms with E-state index in [9.17, 15) is 0 Å². The van der Waals surface area contributed by atoms with Crippen molar-refractivity contribution in [2.75, 3.05) is 19.7 Å². The normalized spacial score (nSPS) is 12.4. The SMILES string of the molecule is CCCCCCN(CC)C(C)(C)CCCCO. The monoisotopic (exact) mass is 243 g/mol. The maximum atomic E-state index is 8.85. The van der Waals surface area contributed by atoms with Crippen LogP contribution in [0.5, 0.6) is 0 Å². The third kappa shape index (κ3) is 7.77. The van der Waals surface area contributed by atoms with E-state index in [1.165, 1.54) is 38.6 Å². The molecule has 0 heterocycles. The van der Waals surface area contributed by atoms with E-state index in [1.54, 1.807) is 0 Å². The maximum absolute atomic E-state index is 8.85. The van der Waals surface area contributed by atoms with Gasteiger partial charge in [0, 0.05) is 12.1 Å². The number of aliphatic hydroxyl groups is 1. The number of aliphatic hydroxyl groups excluding tert-OH is 1. The molecule has 0 amide bonds. The number of unbranched alkanes of at least 4 members (excludes halogenated alkanes) is 4. The fraction of sp³-hybridized carbons (Fsp3) is 1.00. The van der Waals surface area contributed by atoms with Crippen molar-refractivity contribution in [2.45, 2.75) is 78.2 Å². The minimum atomic E-state index is 0.288. The lowest BCUT2D eigenvalue weighted by molar-refractivity contribution is 0.110. The molecule has 0 aromatic carbocycles. The van der Waals surface area contributed by atoms with E-state index in [0.717, 1.165) is 19.4 Å². The Hall–Kier alpha value is -0.0800. The number of hydrogen-bond donors (Lipinski definition) is 1. The van der Waals surface area contributed by atoms with Gasteiger partial charge in [-0.25, -0.2) is 0 Å². The number of nitrogens with zero attached hydrogens (tertiary/aromatic N) is 1. The van der Waals surface area contributed by atoms with Gasteiger partial charge in [0.2, 0.25) is 0 Å². The highest BCUT2D eigenvalue weighted by Gasteiger charge is 2.24. The fourth-order valence-corrected chi connectivity index (χ4v) is 2.45. The van der Waals surface area contributed by atoms with Gasteiger partial charge in [-0.05, 0) is 52.6 Å². The van der Waals surface area contributed by atoms with Crippen molar-refractivity contribution in [3.8, 4) is 0 Å². The predicted molar refractivity (Wildman–Crippen MR) is 76.4 cm³/mol. The van der Waals surface area contributed by atoms with E-state index in [4.69, 9.17) is 5.11 Å². The predicted octanol–water partition coefficient (Wildman–Crippen LogP) is 3.83. The van der Waals surface area contributed by atoms with Crippen LogP contribution in [0.2, 0.25) is 0 Å². The van der Waals surface area contributed by atoms with Gasteiger partial charge in [-0.3, -0.25) is 4.90 Å². The Labute approximate surface area is 108 Å². The van der Waals surface area contributed by atoms with Crippen molar-refractivity contribution in [1.82, 2.24) is 4.90 Å². The molecule has 1 N–H and O–H groups in total. The van der Waals surface area contributed by atoms with Gasteiger partial charge >= 0.3 is 0 Å². The van der Waals surface area contributed by atoms with Gasteiger partial charge in [0.1, 0.15) is 0 Å². The second-order valence-corrected chi connectivity index (χ2v) is 5.63. The highest BCUT2D eigenvalue weighted by atomic mass is 16.2.